The lowest BCUT2D eigenvalue weighted by Crippen LogP contribution is -2.51. The van der Waals surface area contributed by atoms with Gasteiger partial charge in [0.25, 0.3) is 0 Å². The van der Waals surface area contributed by atoms with Gasteiger partial charge in [0, 0.05) is 35.8 Å². The quantitative estimate of drug-likeness (QED) is 0.452. The predicted octanol–water partition coefficient (Wildman–Crippen LogP) is 5.03. The highest BCUT2D eigenvalue weighted by molar-refractivity contribution is 5.27. The van der Waals surface area contributed by atoms with Gasteiger partial charge in [-0.1, -0.05) is 55.8 Å². The summed E-state index contributed by atoms with van der Waals surface area (Å²) in [5, 5.41) is 19.9. The Morgan fingerprint density at radius 1 is 1.08 bits per heavy atom. The van der Waals surface area contributed by atoms with Crippen molar-refractivity contribution in [1.82, 2.24) is 20.0 Å². The molecule has 37 heavy (non-hydrogen) atoms. The molecular formula is C31H42N4O2. The monoisotopic (exact) mass is 502 g/mol. The summed E-state index contributed by atoms with van der Waals surface area (Å²) in [5.41, 5.74) is 4.62. The van der Waals surface area contributed by atoms with Gasteiger partial charge < -0.3 is 15.2 Å². The molecule has 1 aliphatic carbocycles. The molecule has 1 saturated carbocycles. The Kier molecular flexibility index (Phi) is 7.70. The number of ether oxygens (including phenoxy) is 1. The lowest BCUT2D eigenvalue weighted by molar-refractivity contribution is -0.00456. The van der Waals surface area contributed by atoms with Crippen molar-refractivity contribution in [2.24, 2.45) is 5.41 Å². The summed E-state index contributed by atoms with van der Waals surface area (Å²) in [4.78, 5) is 2.52. The Hall–Kier alpha value is -2.67. The number of nitrogens with one attached hydrogen (secondary N) is 1. The first-order valence-electron chi connectivity index (χ1n) is 13.8. The maximum atomic E-state index is 11.7. The Balaban J connectivity index is 1.16. The van der Waals surface area contributed by atoms with E-state index in [0.717, 1.165) is 55.9 Å². The molecule has 3 aromatic rings. The van der Waals surface area contributed by atoms with Crippen LogP contribution in [0, 0.1) is 19.3 Å². The Morgan fingerprint density at radius 2 is 1.84 bits per heavy atom. The molecule has 198 valence electrons. The Bertz CT molecular complexity index is 1160. The van der Waals surface area contributed by atoms with E-state index in [0.29, 0.717) is 18.7 Å². The molecule has 6 nitrogen and oxygen atoms in total. The minimum Gasteiger partial charge on any atom is -0.492 e. The van der Waals surface area contributed by atoms with Crippen LogP contribution in [0.25, 0.3) is 0 Å². The summed E-state index contributed by atoms with van der Waals surface area (Å²) in [7, 11) is 2.24. The van der Waals surface area contributed by atoms with Crippen LogP contribution in [0.3, 0.4) is 0 Å². The lowest BCUT2D eigenvalue weighted by atomic mass is 9.74. The van der Waals surface area contributed by atoms with Crippen molar-refractivity contribution < 1.29 is 9.84 Å². The topological polar surface area (TPSA) is 62.5 Å². The van der Waals surface area contributed by atoms with Gasteiger partial charge in [-0.3, -0.25) is 9.58 Å². The molecule has 0 bridgehead atoms. The second-order valence-corrected chi connectivity index (χ2v) is 11.3. The molecule has 1 aromatic heterocycles. The number of fused-ring (bicyclic) bond motifs is 1. The van der Waals surface area contributed by atoms with Crippen molar-refractivity contribution in [3.05, 3.63) is 83.2 Å². The molecule has 0 spiro atoms. The van der Waals surface area contributed by atoms with Crippen LogP contribution in [0.4, 0.5) is 0 Å². The van der Waals surface area contributed by atoms with Gasteiger partial charge in [-0.25, -0.2) is 0 Å². The normalized spacial score (nSPS) is 28.1. The minimum atomic E-state index is -0.381. The molecule has 1 aliphatic heterocycles. The highest BCUT2D eigenvalue weighted by Crippen LogP contribution is 2.52. The van der Waals surface area contributed by atoms with E-state index in [1.807, 2.05) is 23.7 Å². The maximum absolute atomic E-state index is 11.7. The molecule has 2 N–H and O–H groups in total. The first-order valence-corrected chi connectivity index (χ1v) is 13.8. The highest BCUT2D eigenvalue weighted by Gasteiger charge is 2.54. The van der Waals surface area contributed by atoms with Crippen LogP contribution in [0.5, 0.6) is 5.75 Å². The molecule has 2 fully saturated rings. The molecule has 0 radical (unpaired) electrons. The minimum absolute atomic E-state index is 0.0922. The van der Waals surface area contributed by atoms with Crippen LogP contribution < -0.4 is 10.1 Å². The summed E-state index contributed by atoms with van der Waals surface area (Å²) < 4.78 is 7.94. The number of hydrogen-bond acceptors (Lipinski definition) is 5. The Morgan fingerprint density at radius 3 is 2.54 bits per heavy atom. The summed E-state index contributed by atoms with van der Waals surface area (Å²) >= 11 is 0. The van der Waals surface area contributed by atoms with Crippen molar-refractivity contribution in [3.63, 3.8) is 0 Å². The van der Waals surface area contributed by atoms with Gasteiger partial charge in [0.2, 0.25) is 0 Å². The predicted molar refractivity (Wildman–Crippen MR) is 148 cm³/mol. The van der Waals surface area contributed by atoms with Gasteiger partial charge in [0.15, 0.2) is 0 Å². The van der Waals surface area contributed by atoms with Gasteiger partial charge in [-0.05, 0) is 69.5 Å². The fraction of sp³-hybridized carbons (Fsp3) is 0.516. The van der Waals surface area contributed by atoms with Gasteiger partial charge >= 0.3 is 0 Å². The van der Waals surface area contributed by atoms with Crippen molar-refractivity contribution >= 4 is 0 Å². The lowest BCUT2D eigenvalue weighted by Gasteiger charge is -2.39. The Labute approximate surface area is 221 Å². The largest absolute Gasteiger partial charge is 0.492 e. The zero-order valence-electron chi connectivity index (χ0n) is 22.7. The zero-order chi connectivity index (χ0) is 26.0. The van der Waals surface area contributed by atoms with Crippen LogP contribution >= 0.6 is 0 Å². The molecule has 5 rings (SSSR count). The third-order valence-electron chi connectivity index (χ3n) is 8.78. The van der Waals surface area contributed by atoms with Gasteiger partial charge in [0.05, 0.1) is 18.3 Å². The van der Waals surface area contributed by atoms with Crippen LogP contribution in [0.2, 0.25) is 0 Å². The van der Waals surface area contributed by atoms with Gasteiger partial charge in [0.1, 0.15) is 12.4 Å². The molecule has 6 heteroatoms. The molecule has 1 saturated heterocycles. The van der Waals surface area contributed by atoms with E-state index in [1.54, 1.807) is 0 Å². The number of nitrogens with zero attached hydrogens (tertiary/aromatic N) is 3. The van der Waals surface area contributed by atoms with Crippen LogP contribution in [-0.2, 0) is 13.1 Å². The number of aliphatic hydroxyl groups is 1. The fourth-order valence-electron chi connectivity index (χ4n) is 6.72. The second kappa shape index (κ2) is 11.0. The number of benzene rings is 2. The van der Waals surface area contributed by atoms with E-state index in [-0.39, 0.29) is 17.6 Å². The summed E-state index contributed by atoms with van der Waals surface area (Å²) in [5.74, 6) is 0.871. The number of likely N-dealkylation sites (tertiary alicyclic amines) is 1. The van der Waals surface area contributed by atoms with E-state index >= 15 is 0 Å². The molecular weight excluding hydrogens is 460 g/mol. The number of rotatable bonds is 8. The summed E-state index contributed by atoms with van der Waals surface area (Å²) in [6, 6.07) is 22.0. The average Bonchev–Trinajstić information content (AvgIpc) is 3.32. The fourth-order valence-corrected chi connectivity index (χ4v) is 6.72. The van der Waals surface area contributed by atoms with E-state index in [1.165, 1.54) is 11.1 Å². The standard InChI is InChI=1S/C31H42N4O2/c1-22-19-23(2)35(33-22)17-18-37-26-15-13-24(14-16-26)21-32-27-11-8-12-29-31(3,30(27)36)20-28(34(29)4)25-9-6-5-7-10-25/h5-7,9-10,13-16,19,27-30,32,36H,8,11-12,17-18,20-21H2,1-4H3/t27-,28-,29-,30+,31-/m1/s1. The average molecular weight is 503 g/mol. The smallest absolute Gasteiger partial charge is 0.119 e. The molecule has 2 heterocycles. The summed E-state index contributed by atoms with van der Waals surface area (Å²) in [6.07, 6.45) is 3.87. The number of aryl methyl sites for hydroxylation is 2. The van der Waals surface area contributed by atoms with Crippen LogP contribution in [0.15, 0.2) is 60.7 Å². The van der Waals surface area contributed by atoms with E-state index < -0.39 is 0 Å². The first-order chi connectivity index (χ1) is 17.8. The highest BCUT2D eigenvalue weighted by atomic mass is 16.5. The van der Waals surface area contributed by atoms with Crippen molar-refractivity contribution in [3.8, 4) is 5.75 Å². The van der Waals surface area contributed by atoms with E-state index in [4.69, 9.17) is 4.74 Å². The first kappa shape index (κ1) is 26.0. The molecule has 2 aliphatic rings. The number of aromatic nitrogens is 2. The SMILES string of the molecule is Cc1cc(C)n(CCOc2ccc(CN[C@@H]3CCC[C@H]4N(C)[C@@H](c5ccccc5)C[C@@]4(C)[C@H]3O)cc2)n1. The van der Waals surface area contributed by atoms with Crippen molar-refractivity contribution in [1.29, 1.82) is 0 Å². The van der Waals surface area contributed by atoms with Crippen LogP contribution in [-0.4, -0.2) is 51.6 Å². The van der Waals surface area contributed by atoms with Crippen LogP contribution in [0.1, 0.15) is 61.2 Å². The van der Waals surface area contributed by atoms with Crippen molar-refractivity contribution in [2.45, 2.75) is 83.8 Å². The summed E-state index contributed by atoms with van der Waals surface area (Å²) in [6.45, 7) is 8.46. The zero-order valence-corrected chi connectivity index (χ0v) is 22.7. The number of hydrogen-bond donors (Lipinski definition) is 2. The van der Waals surface area contributed by atoms with Gasteiger partial charge in [-0.2, -0.15) is 5.10 Å². The van der Waals surface area contributed by atoms with Gasteiger partial charge in [-0.15, -0.1) is 0 Å². The third kappa shape index (κ3) is 5.47. The maximum Gasteiger partial charge on any atom is 0.119 e. The van der Waals surface area contributed by atoms with E-state index in [2.05, 4.69) is 84.7 Å². The third-order valence-corrected chi connectivity index (χ3v) is 8.78. The number of aliphatic hydroxyl groups excluding tert-OH is 1. The molecule has 0 unspecified atom stereocenters. The molecule has 5 atom stereocenters. The van der Waals surface area contributed by atoms with Crippen molar-refractivity contribution in [2.75, 3.05) is 13.7 Å². The molecule has 2 aromatic carbocycles. The van der Waals surface area contributed by atoms with E-state index in [9.17, 15) is 5.11 Å². The second-order valence-electron chi connectivity index (χ2n) is 11.3. The molecule has 0 amide bonds.